The number of hydrogen-bond acceptors (Lipinski definition) is 3. The third-order valence-corrected chi connectivity index (χ3v) is 5.45. The summed E-state index contributed by atoms with van der Waals surface area (Å²) in [7, 11) is 0. The standard InChI is InChI=1S/C27H22N4O/c1-18-16-25(28-24-11-7-6-10-23(18)24)31-26(17-19(2)30-31)29-27(32)22-14-12-21(13-15-22)20-8-4-3-5-9-20/h3-17H,1-2H3,(H,29,32). The molecule has 5 aromatic rings. The second kappa shape index (κ2) is 8.12. The van der Waals surface area contributed by atoms with Crippen LogP contribution < -0.4 is 5.32 Å². The molecular weight excluding hydrogens is 396 g/mol. The Morgan fingerprint density at radius 2 is 1.50 bits per heavy atom. The van der Waals surface area contributed by atoms with Crippen LogP contribution in [0.2, 0.25) is 0 Å². The zero-order chi connectivity index (χ0) is 22.1. The molecule has 0 aliphatic heterocycles. The number of rotatable bonds is 4. The van der Waals surface area contributed by atoms with E-state index in [4.69, 9.17) is 4.98 Å². The Hall–Kier alpha value is -4.25. The molecule has 32 heavy (non-hydrogen) atoms. The molecule has 0 saturated heterocycles. The van der Waals surface area contributed by atoms with Crippen LogP contribution in [0.25, 0.3) is 27.8 Å². The Balaban J connectivity index is 1.44. The molecule has 0 radical (unpaired) electrons. The lowest BCUT2D eigenvalue weighted by molar-refractivity contribution is 0.102. The van der Waals surface area contributed by atoms with Crippen molar-refractivity contribution in [2.24, 2.45) is 0 Å². The van der Waals surface area contributed by atoms with Crippen LogP contribution in [-0.2, 0) is 0 Å². The first-order valence-electron chi connectivity index (χ1n) is 10.5. The molecule has 1 amide bonds. The molecule has 0 bridgehead atoms. The molecule has 0 spiro atoms. The van der Waals surface area contributed by atoms with Gasteiger partial charge in [-0.25, -0.2) is 4.98 Å². The summed E-state index contributed by atoms with van der Waals surface area (Å²) in [5.74, 6) is 1.06. The number of fused-ring (bicyclic) bond motifs is 1. The molecule has 5 heteroatoms. The maximum absolute atomic E-state index is 13.0. The highest BCUT2D eigenvalue weighted by Crippen LogP contribution is 2.23. The molecule has 156 valence electrons. The number of aromatic nitrogens is 3. The molecule has 3 aromatic carbocycles. The van der Waals surface area contributed by atoms with Gasteiger partial charge in [-0.05, 0) is 54.8 Å². The first-order valence-corrected chi connectivity index (χ1v) is 10.5. The average Bonchev–Trinajstić information content (AvgIpc) is 3.19. The molecule has 0 fully saturated rings. The van der Waals surface area contributed by atoms with Gasteiger partial charge in [0.15, 0.2) is 5.82 Å². The zero-order valence-corrected chi connectivity index (χ0v) is 17.9. The molecule has 1 N–H and O–H groups in total. The van der Waals surface area contributed by atoms with Gasteiger partial charge in [-0.3, -0.25) is 4.79 Å². The van der Waals surface area contributed by atoms with Crippen LogP contribution in [0.4, 0.5) is 5.82 Å². The van der Waals surface area contributed by atoms with Gasteiger partial charge < -0.3 is 5.32 Å². The van der Waals surface area contributed by atoms with Gasteiger partial charge in [0.25, 0.3) is 5.91 Å². The SMILES string of the molecule is Cc1cc(NC(=O)c2ccc(-c3ccccc3)cc2)n(-c2cc(C)c3ccccc3n2)n1. The fourth-order valence-electron chi connectivity index (χ4n) is 3.84. The molecule has 5 nitrogen and oxygen atoms in total. The Kier molecular flexibility index (Phi) is 5.00. The van der Waals surface area contributed by atoms with Crippen molar-refractivity contribution in [1.29, 1.82) is 0 Å². The number of nitrogens with one attached hydrogen (secondary N) is 1. The quantitative estimate of drug-likeness (QED) is 0.392. The molecular formula is C27H22N4O. The van der Waals surface area contributed by atoms with E-state index < -0.39 is 0 Å². The van der Waals surface area contributed by atoms with Gasteiger partial charge in [0.2, 0.25) is 0 Å². The van der Waals surface area contributed by atoms with Gasteiger partial charge in [0, 0.05) is 17.0 Å². The first-order chi connectivity index (χ1) is 15.6. The van der Waals surface area contributed by atoms with Crippen molar-refractivity contribution in [2.45, 2.75) is 13.8 Å². The predicted octanol–water partition coefficient (Wildman–Crippen LogP) is 5.96. The summed E-state index contributed by atoms with van der Waals surface area (Å²) in [5.41, 5.74) is 5.56. The molecule has 0 saturated carbocycles. The van der Waals surface area contributed by atoms with Crippen LogP contribution in [0.5, 0.6) is 0 Å². The van der Waals surface area contributed by atoms with Crippen LogP contribution in [0.15, 0.2) is 91.0 Å². The van der Waals surface area contributed by atoms with Crippen molar-refractivity contribution in [2.75, 3.05) is 5.32 Å². The van der Waals surface area contributed by atoms with Crippen molar-refractivity contribution in [3.8, 4) is 16.9 Å². The minimum absolute atomic E-state index is 0.191. The molecule has 0 aliphatic carbocycles. The Labute approximate surface area is 186 Å². The van der Waals surface area contributed by atoms with E-state index in [1.165, 1.54) is 0 Å². The number of carbonyl (C=O) groups excluding carboxylic acids is 1. The Morgan fingerprint density at radius 1 is 0.812 bits per heavy atom. The molecule has 2 aromatic heterocycles. The molecule has 5 rings (SSSR count). The Morgan fingerprint density at radius 3 is 2.28 bits per heavy atom. The van der Waals surface area contributed by atoms with E-state index in [1.54, 1.807) is 4.68 Å². The van der Waals surface area contributed by atoms with Crippen molar-refractivity contribution < 1.29 is 4.79 Å². The van der Waals surface area contributed by atoms with Gasteiger partial charge in [-0.15, -0.1) is 0 Å². The topological polar surface area (TPSA) is 59.8 Å². The number of pyridine rings is 1. The minimum Gasteiger partial charge on any atom is -0.306 e. The maximum Gasteiger partial charge on any atom is 0.256 e. The van der Waals surface area contributed by atoms with E-state index in [1.807, 2.05) is 79.7 Å². The largest absolute Gasteiger partial charge is 0.306 e. The van der Waals surface area contributed by atoms with E-state index in [0.717, 1.165) is 33.3 Å². The maximum atomic E-state index is 13.0. The van der Waals surface area contributed by atoms with Crippen LogP contribution in [0.1, 0.15) is 21.6 Å². The van der Waals surface area contributed by atoms with E-state index in [9.17, 15) is 4.79 Å². The normalized spacial score (nSPS) is 10.9. The van der Waals surface area contributed by atoms with Gasteiger partial charge >= 0.3 is 0 Å². The zero-order valence-electron chi connectivity index (χ0n) is 17.9. The summed E-state index contributed by atoms with van der Waals surface area (Å²) < 4.78 is 1.69. The van der Waals surface area contributed by atoms with Crippen molar-refractivity contribution >= 4 is 22.6 Å². The highest BCUT2D eigenvalue weighted by Gasteiger charge is 2.14. The summed E-state index contributed by atoms with van der Waals surface area (Å²) in [6, 6.07) is 29.5. The lowest BCUT2D eigenvalue weighted by Crippen LogP contribution is -2.15. The molecule has 0 atom stereocenters. The van der Waals surface area contributed by atoms with Crippen LogP contribution in [-0.4, -0.2) is 20.7 Å². The van der Waals surface area contributed by atoms with E-state index in [-0.39, 0.29) is 5.91 Å². The van der Waals surface area contributed by atoms with Crippen LogP contribution in [0.3, 0.4) is 0 Å². The number of hydrogen-bond donors (Lipinski definition) is 1. The number of amides is 1. The Bertz CT molecular complexity index is 1420. The van der Waals surface area contributed by atoms with Gasteiger partial charge in [-0.2, -0.15) is 9.78 Å². The summed E-state index contributed by atoms with van der Waals surface area (Å²) in [5, 5.41) is 8.66. The summed E-state index contributed by atoms with van der Waals surface area (Å²) >= 11 is 0. The summed E-state index contributed by atoms with van der Waals surface area (Å²) in [6.45, 7) is 3.95. The lowest BCUT2D eigenvalue weighted by atomic mass is 10.0. The van der Waals surface area contributed by atoms with Crippen molar-refractivity contribution in [3.05, 3.63) is 108 Å². The summed E-state index contributed by atoms with van der Waals surface area (Å²) in [4.78, 5) is 17.7. The fraction of sp³-hybridized carbons (Fsp3) is 0.0741. The second-order valence-electron chi connectivity index (χ2n) is 7.79. The summed E-state index contributed by atoms with van der Waals surface area (Å²) in [6.07, 6.45) is 0. The number of para-hydroxylation sites is 1. The van der Waals surface area contributed by atoms with E-state index >= 15 is 0 Å². The smallest absolute Gasteiger partial charge is 0.256 e. The van der Waals surface area contributed by atoms with Gasteiger partial charge in [0.1, 0.15) is 5.82 Å². The highest BCUT2D eigenvalue weighted by atomic mass is 16.1. The number of anilines is 1. The fourth-order valence-corrected chi connectivity index (χ4v) is 3.84. The van der Waals surface area contributed by atoms with E-state index in [0.29, 0.717) is 17.2 Å². The number of nitrogens with zero attached hydrogens (tertiary/aromatic N) is 3. The van der Waals surface area contributed by atoms with E-state index in [2.05, 4.69) is 35.5 Å². The van der Waals surface area contributed by atoms with Crippen molar-refractivity contribution in [3.63, 3.8) is 0 Å². The average molecular weight is 419 g/mol. The monoisotopic (exact) mass is 418 g/mol. The van der Waals surface area contributed by atoms with Crippen LogP contribution >= 0.6 is 0 Å². The number of carbonyl (C=O) groups is 1. The molecule has 2 heterocycles. The van der Waals surface area contributed by atoms with Crippen molar-refractivity contribution in [1.82, 2.24) is 14.8 Å². The van der Waals surface area contributed by atoms with Gasteiger partial charge in [-0.1, -0.05) is 60.7 Å². The van der Waals surface area contributed by atoms with Crippen LogP contribution in [0, 0.1) is 13.8 Å². The number of aryl methyl sites for hydroxylation is 2. The third kappa shape index (κ3) is 3.76. The third-order valence-electron chi connectivity index (χ3n) is 5.45. The molecule has 0 aliphatic rings. The predicted molar refractivity (Wildman–Crippen MR) is 128 cm³/mol. The molecule has 0 unspecified atom stereocenters. The lowest BCUT2D eigenvalue weighted by Gasteiger charge is -2.11. The minimum atomic E-state index is -0.191. The second-order valence-corrected chi connectivity index (χ2v) is 7.79. The highest BCUT2D eigenvalue weighted by molar-refractivity contribution is 6.04. The number of benzene rings is 3. The van der Waals surface area contributed by atoms with Gasteiger partial charge in [0.05, 0.1) is 11.2 Å². The first kappa shape index (κ1) is 19.7.